The highest BCUT2D eigenvalue weighted by Crippen LogP contribution is 2.22. The first-order chi connectivity index (χ1) is 10.4. The van der Waals surface area contributed by atoms with Gasteiger partial charge in [0.15, 0.2) is 0 Å². The normalized spacial score (nSPS) is 11.6. The van der Waals surface area contributed by atoms with Crippen molar-refractivity contribution in [2.75, 3.05) is 6.54 Å². The van der Waals surface area contributed by atoms with Crippen LogP contribution in [0, 0.1) is 0 Å². The van der Waals surface area contributed by atoms with Crippen molar-refractivity contribution in [1.29, 1.82) is 0 Å². The minimum absolute atomic E-state index is 0.128. The van der Waals surface area contributed by atoms with Crippen molar-refractivity contribution in [2.45, 2.75) is 17.9 Å². The van der Waals surface area contributed by atoms with Crippen LogP contribution in [0.1, 0.15) is 11.1 Å². The second kappa shape index (κ2) is 7.44. The zero-order valence-corrected chi connectivity index (χ0v) is 14.1. The summed E-state index contributed by atoms with van der Waals surface area (Å²) in [6.07, 6.45) is 0.812. The molecule has 0 saturated carbocycles. The molecule has 7 heteroatoms. The van der Waals surface area contributed by atoms with E-state index in [0.29, 0.717) is 16.6 Å². The number of rotatable bonds is 6. The first kappa shape index (κ1) is 17.2. The molecule has 0 aliphatic rings. The van der Waals surface area contributed by atoms with Gasteiger partial charge in [-0.25, -0.2) is 13.6 Å². The van der Waals surface area contributed by atoms with Crippen molar-refractivity contribution in [2.24, 2.45) is 5.14 Å². The van der Waals surface area contributed by atoms with Gasteiger partial charge in [-0.15, -0.1) is 0 Å². The molecule has 4 N–H and O–H groups in total. The van der Waals surface area contributed by atoms with Crippen molar-refractivity contribution in [1.82, 2.24) is 0 Å². The molecule has 22 heavy (non-hydrogen) atoms. The number of nitrogens with two attached hydrogens (primary N) is 2. The second-order valence-corrected chi connectivity index (χ2v) is 7.30. The van der Waals surface area contributed by atoms with E-state index in [1.165, 1.54) is 12.1 Å². The van der Waals surface area contributed by atoms with Crippen LogP contribution in [0.5, 0.6) is 0 Å². The van der Waals surface area contributed by atoms with Crippen LogP contribution in [-0.2, 0) is 23.0 Å². The van der Waals surface area contributed by atoms with E-state index in [-0.39, 0.29) is 4.90 Å². The van der Waals surface area contributed by atoms with Crippen LogP contribution in [0.2, 0.25) is 10.0 Å². The molecule has 0 aliphatic carbocycles. The van der Waals surface area contributed by atoms with Gasteiger partial charge in [0.2, 0.25) is 10.0 Å². The van der Waals surface area contributed by atoms with Gasteiger partial charge in [0, 0.05) is 12.0 Å². The van der Waals surface area contributed by atoms with E-state index in [1.807, 2.05) is 18.2 Å². The van der Waals surface area contributed by atoms with E-state index >= 15 is 0 Å². The summed E-state index contributed by atoms with van der Waals surface area (Å²) in [7, 11) is -3.63. The highest BCUT2D eigenvalue weighted by atomic mass is 35.5. The average molecular weight is 360 g/mol. The third kappa shape index (κ3) is 4.69. The molecule has 0 atom stereocenters. The van der Waals surface area contributed by atoms with Crippen LogP contribution in [-0.4, -0.2) is 15.0 Å². The number of hydrogen-bond acceptors (Lipinski definition) is 2. The number of sulfonamides is 1. The fraction of sp³-hybridized carbons (Fsp3) is 0.200. The van der Waals surface area contributed by atoms with E-state index in [1.54, 1.807) is 12.1 Å². The fourth-order valence-electron chi connectivity index (χ4n) is 2.09. The molecular formula is C15H17Cl2N2O2S+. The van der Waals surface area contributed by atoms with Gasteiger partial charge in [-0.3, -0.25) is 0 Å². The van der Waals surface area contributed by atoms with E-state index in [4.69, 9.17) is 28.3 Å². The Morgan fingerprint density at radius 1 is 1.00 bits per heavy atom. The minimum atomic E-state index is -3.63. The molecule has 0 amide bonds. The first-order valence-corrected chi connectivity index (χ1v) is 9.04. The quantitative estimate of drug-likeness (QED) is 0.773. The molecule has 0 heterocycles. The molecular weight excluding hydrogens is 343 g/mol. The molecule has 0 fully saturated rings. The van der Waals surface area contributed by atoms with Crippen molar-refractivity contribution in [3.63, 3.8) is 0 Å². The molecule has 0 aromatic heterocycles. The Hall–Kier alpha value is -1.11. The lowest BCUT2D eigenvalue weighted by atomic mass is 10.1. The van der Waals surface area contributed by atoms with Gasteiger partial charge in [-0.05, 0) is 29.8 Å². The Balaban J connectivity index is 1.87. The number of hydrogen-bond donors (Lipinski definition) is 2. The lowest BCUT2D eigenvalue weighted by Crippen LogP contribution is -2.83. The van der Waals surface area contributed by atoms with E-state index in [9.17, 15) is 8.42 Å². The van der Waals surface area contributed by atoms with Crippen LogP contribution in [0.25, 0.3) is 0 Å². The maximum absolute atomic E-state index is 11.2. The maximum Gasteiger partial charge on any atom is 0.238 e. The van der Waals surface area contributed by atoms with Crippen LogP contribution in [0.4, 0.5) is 0 Å². The minimum Gasteiger partial charge on any atom is -0.342 e. The number of quaternary nitrogens is 1. The van der Waals surface area contributed by atoms with Crippen molar-refractivity contribution < 1.29 is 13.7 Å². The largest absolute Gasteiger partial charge is 0.342 e. The summed E-state index contributed by atoms with van der Waals surface area (Å²) >= 11 is 12.2. The highest BCUT2D eigenvalue weighted by molar-refractivity contribution is 7.89. The Kier molecular flexibility index (Phi) is 5.83. The van der Waals surface area contributed by atoms with E-state index in [2.05, 4.69) is 5.32 Å². The smallest absolute Gasteiger partial charge is 0.238 e. The molecule has 0 bridgehead atoms. The predicted molar refractivity (Wildman–Crippen MR) is 88.5 cm³/mol. The molecule has 0 radical (unpaired) electrons. The summed E-state index contributed by atoms with van der Waals surface area (Å²) in [4.78, 5) is 0.128. The van der Waals surface area contributed by atoms with Gasteiger partial charge in [0.25, 0.3) is 0 Å². The molecule has 0 spiro atoms. The third-order valence-electron chi connectivity index (χ3n) is 3.30. The third-order valence-corrected chi connectivity index (χ3v) is 4.94. The number of benzene rings is 2. The summed E-state index contributed by atoms with van der Waals surface area (Å²) in [5.74, 6) is 0. The Bertz CT molecular complexity index is 726. The summed E-state index contributed by atoms with van der Waals surface area (Å²) < 4.78 is 22.3. The highest BCUT2D eigenvalue weighted by Gasteiger charge is 2.08. The topological polar surface area (TPSA) is 76.8 Å². The van der Waals surface area contributed by atoms with Gasteiger partial charge in [0.05, 0.1) is 21.5 Å². The number of primary sulfonamides is 1. The van der Waals surface area contributed by atoms with Gasteiger partial charge in [-0.1, -0.05) is 41.4 Å². The molecule has 2 aromatic rings. The van der Waals surface area contributed by atoms with Crippen molar-refractivity contribution in [3.05, 3.63) is 63.6 Å². The average Bonchev–Trinajstić information content (AvgIpc) is 2.45. The molecule has 2 rings (SSSR count). The summed E-state index contributed by atoms with van der Waals surface area (Å²) in [5.41, 5.74) is 1.98. The molecule has 4 nitrogen and oxygen atoms in total. The fourth-order valence-corrected chi connectivity index (χ4v) is 3.16. The van der Waals surface area contributed by atoms with Crippen LogP contribution >= 0.6 is 23.2 Å². The number of halogens is 2. The van der Waals surface area contributed by atoms with Crippen LogP contribution in [0.3, 0.4) is 0 Å². The van der Waals surface area contributed by atoms with Crippen LogP contribution < -0.4 is 10.5 Å². The Morgan fingerprint density at radius 2 is 1.59 bits per heavy atom. The SMILES string of the molecule is NS(=O)(=O)c1ccc(CC[NH2+]Cc2c(Cl)cccc2Cl)cc1. The first-order valence-electron chi connectivity index (χ1n) is 6.74. The Labute approximate surface area is 140 Å². The predicted octanol–water partition coefficient (Wildman–Crippen LogP) is 1.95. The summed E-state index contributed by atoms with van der Waals surface area (Å²) in [6, 6.07) is 12.1. The van der Waals surface area contributed by atoms with E-state index in [0.717, 1.165) is 24.1 Å². The van der Waals surface area contributed by atoms with Crippen molar-refractivity contribution >= 4 is 33.2 Å². The lowest BCUT2D eigenvalue weighted by Gasteiger charge is -2.06. The standard InChI is InChI=1S/C15H16Cl2N2O2S/c16-14-2-1-3-15(17)13(14)10-19-9-8-11-4-6-12(7-5-11)22(18,20)21/h1-7,19H,8-10H2,(H2,18,20,21)/p+1. The van der Waals surface area contributed by atoms with Crippen LogP contribution in [0.15, 0.2) is 47.4 Å². The molecule has 2 aromatic carbocycles. The maximum atomic E-state index is 11.2. The van der Waals surface area contributed by atoms with Gasteiger partial charge in [-0.2, -0.15) is 0 Å². The molecule has 118 valence electrons. The lowest BCUT2D eigenvalue weighted by molar-refractivity contribution is -0.670. The molecule has 0 unspecified atom stereocenters. The van der Waals surface area contributed by atoms with Crippen molar-refractivity contribution in [3.8, 4) is 0 Å². The molecule has 0 aliphatic heterocycles. The monoisotopic (exact) mass is 359 g/mol. The van der Waals surface area contributed by atoms with E-state index < -0.39 is 10.0 Å². The molecule has 0 saturated heterocycles. The second-order valence-electron chi connectivity index (χ2n) is 4.92. The zero-order chi connectivity index (χ0) is 16.2. The Morgan fingerprint density at radius 3 is 2.14 bits per heavy atom. The van der Waals surface area contributed by atoms with Gasteiger partial charge in [0.1, 0.15) is 6.54 Å². The van der Waals surface area contributed by atoms with Gasteiger partial charge >= 0.3 is 0 Å². The zero-order valence-electron chi connectivity index (χ0n) is 11.8. The summed E-state index contributed by atoms with van der Waals surface area (Å²) in [6.45, 7) is 1.55. The van der Waals surface area contributed by atoms with Gasteiger partial charge < -0.3 is 5.32 Å². The summed E-state index contributed by atoms with van der Waals surface area (Å²) in [5, 5.41) is 8.51.